The van der Waals surface area contributed by atoms with E-state index in [0.717, 1.165) is 31.2 Å². The van der Waals surface area contributed by atoms with E-state index in [1.165, 1.54) is 0 Å². The van der Waals surface area contributed by atoms with Crippen molar-refractivity contribution in [3.63, 3.8) is 0 Å². The highest BCUT2D eigenvalue weighted by atomic mass is 35.5. The lowest BCUT2D eigenvalue weighted by atomic mass is 9.75. The van der Waals surface area contributed by atoms with E-state index in [2.05, 4.69) is 0 Å². The van der Waals surface area contributed by atoms with Crippen molar-refractivity contribution in [1.82, 2.24) is 0 Å². The number of nitrogens with two attached hydrogens (primary N) is 1. The van der Waals surface area contributed by atoms with Gasteiger partial charge in [-0.3, -0.25) is 4.79 Å². The third kappa shape index (κ3) is 1.87. The van der Waals surface area contributed by atoms with Crippen LogP contribution in [-0.2, 0) is 10.2 Å². The van der Waals surface area contributed by atoms with Gasteiger partial charge in [0.15, 0.2) is 5.78 Å². The number of benzene rings is 1. The minimum atomic E-state index is -0.334. The molecule has 1 fully saturated rings. The Morgan fingerprint density at radius 2 is 1.81 bits per heavy atom. The van der Waals surface area contributed by atoms with Crippen molar-refractivity contribution < 1.29 is 4.79 Å². The van der Waals surface area contributed by atoms with Crippen molar-refractivity contribution in [1.29, 1.82) is 0 Å². The second-order valence-corrected chi connectivity index (χ2v) is 4.86. The van der Waals surface area contributed by atoms with Crippen LogP contribution in [0.2, 0.25) is 5.02 Å². The highest BCUT2D eigenvalue weighted by Crippen LogP contribution is 2.41. The van der Waals surface area contributed by atoms with Crippen molar-refractivity contribution in [3.05, 3.63) is 34.9 Å². The molecule has 0 amide bonds. The zero-order chi connectivity index (χ0) is 11.6. The van der Waals surface area contributed by atoms with Crippen LogP contribution in [0, 0.1) is 0 Å². The molecule has 3 heteroatoms. The molecule has 0 radical (unpaired) electrons. The summed E-state index contributed by atoms with van der Waals surface area (Å²) in [6.07, 6.45) is 4.05. The molecule has 0 bridgehead atoms. The fourth-order valence-electron chi connectivity index (χ4n) is 2.67. The third-order valence-corrected chi connectivity index (χ3v) is 3.83. The van der Waals surface area contributed by atoms with Gasteiger partial charge in [0, 0.05) is 5.02 Å². The van der Waals surface area contributed by atoms with E-state index in [0.29, 0.717) is 5.02 Å². The lowest BCUT2D eigenvalue weighted by Crippen LogP contribution is -2.37. The summed E-state index contributed by atoms with van der Waals surface area (Å²) < 4.78 is 0. The number of ketones is 1. The van der Waals surface area contributed by atoms with Crippen molar-refractivity contribution in [2.45, 2.75) is 31.1 Å². The molecule has 0 aromatic heterocycles. The average Bonchev–Trinajstić information content (AvgIpc) is 2.79. The molecule has 16 heavy (non-hydrogen) atoms. The quantitative estimate of drug-likeness (QED) is 0.879. The zero-order valence-corrected chi connectivity index (χ0v) is 9.96. The minimum absolute atomic E-state index is 0.128. The number of hydrogen-bond donors (Lipinski definition) is 1. The van der Waals surface area contributed by atoms with Crippen LogP contribution in [-0.4, -0.2) is 12.3 Å². The number of Topliss-reactive ketones (excluding diaryl/α,β-unsaturated/α-hetero) is 1. The van der Waals surface area contributed by atoms with Gasteiger partial charge < -0.3 is 5.73 Å². The molecule has 1 aliphatic rings. The Morgan fingerprint density at radius 1 is 1.25 bits per heavy atom. The largest absolute Gasteiger partial charge is 0.324 e. The predicted octanol–water partition coefficient (Wildman–Crippen LogP) is 2.68. The number of carbonyl (C=O) groups excluding carboxylic acids is 1. The molecule has 1 aliphatic carbocycles. The van der Waals surface area contributed by atoms with Crippen LogP contribution < -0.4 is 5.73 Å². The highest BCUT2D eigenvalue weighted by Gasteiger charge is 2.41. The second-order valence-electron chi connectivity index (χ2n) is 4.42. The van der Waals surface area contributed by atoms with Gasteiger partial charge in [-0.1, -0.05) is 36.6 Å². The summed E-state index contributed by atoms with van der Waals surface area (Å²) in [7, 11) is 0. The molecule has 1 aromatic rings. The van der Waals surface area contributed by atoms with Gasteiger partial charge in [-0.2, -0.15) is 0 Å². The summed E-state index contributed by atoms with van der Waals surface area (Å²) in [5, 5.41) is 0.706. The van der Waals surface area contributed by atoms with E-state index in [4.69, 9.17) is 17.3 Å². The number of carbonyl (C=O) groups is 1. The topological polar surface area (TPSA) is 43.1 Å². The molecule has 0 atom stereocenters. The summed E-state index contributed by atoms with van der Waals surface area (Å²) >= 11 is 5.87. The first-order valence-corrected chi connectivity index (χ1v) is 6.06. The van der Waals surface area contributed by atoms with Gasteiger partial charge in [0.1, 0.15) is 0 Å². The fourth-order valence-corrected chi connectivity index (χ4v) is 2.80. The summed E-state index contributed by atoms with van der Waals surface area (Å²) in [5.41, 5.74) is 6.27. The molecule has 2 rings (SSSR count). The molecule has 2 N–H and O–H groups in total. The van der Waals surface area contributed by atoms with Gasteiger partial charge in [0.05, 0.1) is 12.0 Å². The van der Waals surface area contributed by atoms with Gasteiger partial charge >= 0.3 is 0 Å². The molecule has 86 valence electrons. The Balaban J connectivity index is 2.39. The Kier molecular flexibility index (Phi) is 3.31. The third-order valence-electron chi connectivity index (χ3n) is 3.57. The monoisotopic (exact) mass is 237 g/mol. The number of rotatable bonds is 3. The Bertz CT molecular complexity index is 379. The van der Waals surface area contributed by atoms with Gasteiger partial charge in [-0.25, -0.2) is 0 Å². The van der Waals surface area contributed by atoms with Gasteiger partial charge in [-0.05, 0) is 30.5 Å². The summed E-state index contributed by atoms with van der Waals surface area (Å²) in [6.45, 7) is 0.128. The maximum absolute atomic E-state index is 12.1. The maximum atomic E-state index is 12.1. The SMILES string of the molecule is NCC(=O)C1(c2ccc(Cl)cc2)CCCC1. The maximum Gasteiger partial charge on any atom is 0.156 e. The lowest BCUT2D eigenvalue weighted by molar-refractivity contribution is -0.123. The van der Waals surface area contributed by atoms with Gasteiger partial charge in [0.2, 0.25) is 0 Å². The molecule has 1 aromatic carbocycles. The standard InChI is InChI=1S/C13H16ClNO/c14-11-5-3-10(4-6-11)13(12(16)9-15)7-1-2-8-13/h3-6H,1-2,7-9,15H2. The molecular formula is C13H16ClNO. The van der Waals surface area contributed by atoms with Crippen molar-refractivity contribution in [2.75, 3.05) is 6.54 Å². The van der Waals surface area contributed by atoms with E-state index >= 15 is 0 Å². The van der Waals surface area contributed by atoms with Gasteiger partial charge in [0.25, 0.3) is 0 Å². The Hall–Kier alpha value is -0.860. The van der Waals surface area contributed by atoms with Gasteiger partial charge in [-0.15, -0.1) is 0 Å². The molecule has 0 heterocycles. The van der Waals surface area contributed by atoms with Crippen LogP contribution in [0.1, 0.15) is 31.2 Å². The van der Waals surface area contributed by atoms with Crippen LogP contribution in [0.15, 0.2) is 24.3 Å². The molecular weight excluding hydrogens is 222 g/mol. The first-order chi connectivity index (χ1) is 7.69. The van der Waals surface area contributed by atoms with E-state index in [1.807, 2.05) is 24.3 Å². The average molecular weight is 238 g/mol. The molecule has 0 spiro atoms. The van der Waals surface area contributed by atoms with E-state index in [9.17, 15) is 4.79 Å². The molecule has 0 aliphatic heterocycles. The van der Waals surface area contributed by atoms with Crippen LogP contribution in [0.3, 0.4) is 0 Å². The second kappa shape index (κ2) is 4.56. The predicted molar refractivity (Wildman–Crippen MR) is 65.7 cm³/mol. The smallest absolute Gasteiger partial charge is 0.156 e. The zero-order valence-electron chi connectivity index (χ0n) is 9.21. The minimum Gasteiger partial charge on any atom is -0.324 e. The van der Waals surface area contributed by atoms with Crippen LogP contribution in [0.5, 0.6) is 0 Å². The normalized spacial score (nSPS) is 18.6. The lowest BCUT2D eigenvalue weighted by Gasteiger charge is -2.27. The van der Waals surface area contributed by atoms with Crippen LogP contribution >= 0.6 is 11.6 Å². The van der Waals surface area contributed by atoms with Crippen molar-refractivity contribution >= 4 is 17.4 Å². The molecule has 2 nitrogen and oxygen atoms in total. The summed E-state index contributed by atoms with van der Waals surface area (Å²) in [4.78, 5) is 12.1. The summed E-state index contributed by atoms with van der Waals surface area (Å²) in [5.74, 6) is 0.160. The summed E-state index contributed by atoms with van der Waals surface area (Å²) in [6, 6.07) is 7.62. The highest BCUT2D eigenvalue weighted by molar-refractivity contribution is 6.30. The molecule has 0 saturated heterocycles. The van der Waals surface area contributed by atoms with Crippen molar-refractivity contribution in [2.24, 2.45) is 5.73 Å². The van der Waals surface area contributed by atoms with Crippen LogP contribution in [0.4, 0.5) is 0 Å². The van der Waals surface area contributed by atoms with Crippen molar-refractivity contribution in [3.8, 4) is 0 Å². The Labute approximate surface area is 101 Å². The van der Waals surface area contributed by atoms with E-state index < -0.39 is 0 Å². The molecule has 1 saturated carbocycles. The first kappa shape index (κ1) is 11.6. The van der Waals surface area contributed by atoms with E-state index in [-0.39, 0.29) is 17.7 Å². The van der Waals surface area contributed by atoms with E-state index in [1.54, 1.807) is 0 Å². The first-order valence-electron chi connectivity index (χ1n) is 5.68. The number of halogens is 1. The Morgan fingerprint density at radius 3 is 2.31 bits per heavy atom. The van der Waals surface area contributed by atoms with Crippen LogP contribution in [0.25, 0.3) is 0 Å². The fraction of sp³-hybridized carbons (Fsp3) is 0.462. The number of hydrogen-bond acceptors (Lipinski definition) is 2. The molecule has 0 unspecified atom stereocenters.